The minimum Gasteiger partial charge on any atom is -0.334 e. The van der Waals surface area contributed by atoms with Crippen molar-refractivity contribution in [3.05, 3.63) is 35.9 Å². The number of hydrogen-bond donors (Lipinski definition) is 1. The van der Waals surface area contributed by atoms with E-state index in [1.807, 2.05) is 25.2 Å². The number of urea groups is 1. The first-order valence-electron chi connectivity index (χ1n) is 7.98. The van der Waals surface area contributed by atoms with Crippen LogP contribution in [0.2, 0.25) is 0 Å². The van der Waals surface area contributed by atoms with Gasteiger partial charge in [0.2, 0.25) is 0 Å². The highest BCUT2D eigenvalue weighted by molar-refractivity contribution is 5.74. The van der Waals surface area contributed by atoms with Crippen molar-refractivity contribution in [3.63, 3.8) is 0 Å². The molecule has 1 unspecified atom stereocenters. The van der Waals surface area contributed by atoms with Gasteiger partial charge in [0.1, 0.15) is 0 Å². The van der Waals surface area contributed by atoms with Gasteiger partial charge in [-0.2, -0.15) is 0 Å². The molecule has 1 aromatic rings. The van der Waals surface area contributed by atoms with Crippen LogP contribution in [-0.4, -0.2) is 48.6 Å². The van der Waals surface area contributed by atoms with Gasteiger partial charge in [0.15, 0.2) is 0 Å². The van der Waals surface area contributed by atoms with Crippen LogP contribution in [0.3, 0.4) is 0 Å². The normalized spacial score (nSPS) is 22.2. The molecule has 1 aliphatic carbocycles. The Morgan fingerprint density at radius 2 is 2.05 bits per heavy atom. The van der Waals surface area contributed by atoms with E-state index in [0.29, 0.717) is 12.6 Å². The van der Waals surface area contributed by atoms with E-state index in [1.165, 1.54) is 19.4 Å². The molecular formula is C17H25N3O. The minimum atomic E-state index is 0.0390. The topological polar surface area (TPSA) is 35.6 Å². The number of hydrogen-bond acceptors (Lipinski definition) is 2. The summed E-state index contributed by atoms with van der Waals surface area (Å²) in [7, 11) is 1.86. The fraction of sp³-hybridized carbons (Fsp3) is 0.588. The molecule has 2 amide bonds. The molecule has 0 spiro atoms. The van der Waals surface area contributed by atoms with Crippen LogP contribution in [0.25, 0.3) is 0 Å². The molecule has 1 heterocycles. The van der Waals surface area contributed by atoms with Gasteiger partial charge in [0.25, 0.3) is 0 Å². The molecule has 1 saturated heterocycles. The summed E-state index contributed by atoms with van der Waals surface area (Å²) in [5.74, 6) is 0.931. The number of rotatable bonds is 5. The Balaban J connectivity index is 1.43. The van der Waals surface area contributed by atoms with Gasteiger partial charge in [0.05, 0.1) is 0 Å². The van der Waals surface area contributed by atoms with Crippen molar-refractivity contribution in [2.75, 3.05) is 26.7 Å². The molecule has 1 N–H and O–H groups in total. The molecule has 1 aliphatic heterocycles. The fourth-order valence-corrected chi connectivity index (χ4v) is 3.00. The molecule has 4 heteroatoms. The Hall–Kier alpha value is -1.55. The lowest BCUT2D eigenvalue weighted by atomic mass is 10.2. The van der Waals surface area contributed by atoms with E-state index in [4.69, 9.17) is 0 Å². The molecule has 0 radical (unpaired) electrons. The van der Waals surface area contributed by atoms with Crippen LogP contribution < -0.4 is 5.32 Å². The van der Waals surface area contributed by atoms with E-state index in [9.17, 15) is 4.79 Å². The second kappa shape index (κ2) is 6.48. The maximum absolute atomic E-state index is 12.2. The predicted molar refractivity (Wildman–Crippen MR) is 84.0 cm³/mol. The number of carbonyl (C=O) groups is 1. The van der Waals surface area contributed by atoms with Gasteiger partial charge in [-0.05, 0) is 30.7 Å². The Kier molecular flexibility index (Phi) is 4.44. The van der Waals surface area contributed by atoms with E-state index in [0.717, 1.165) is 31.0 Å². The lowest BCUT2D eigenvalue weighted by Crippen LogP contribution is -2.44. The van der Waals surface area contributed by atoms with Crippen molar-refractivity contribution in [1.82, 2.24) is 15.1 Å². The molecule has 1 aromatic carbocycles. The van der Waals surface area contributed by atoms with Gasteiger partial charge in [-0.3, -0.25) is 0 Å². The lowest BCUT2D eigenvalue weighted by molar-refractivity contribution is 0.202. The number of likely N-dealkylation sites (tertiary alicyclic amines) is 1. The molecule has 2 fully saturated rings. The molecule has 0 bridgehead atoms. The van der Waals surface area contributed by atoms with E-state index in [2.05, 4.69) is 22.3 Å². The predicted octanol–water partition coefficient (Wildman–Crippen LogP) is 2.31. The van der Waals surface area contributed by atoms with Crippen molar-refractivity contribution in [1.29, 1.82) is 0 Å². The van der Waals surface area contributed by atoms with Crippen LogP contribution in [0.1, 0.15) is 24.8 Å². The van der Waals surface area contributed by atoms with Gasteiger partial charge in [-0.15, -0.1) is 0 Å². The largest absolute Gasteiger partial charge is 0.334 e. The summed E-state index contributed by atoms with van der Waals surface area (Å²) < 4.78 is 0. The maximum Gasteiger partial charge on any atom is 0.317 e. The highest BCUT2D eigenvalue weighted by Crippen LogP contribution is 2.30. The molecule has 0 aromatic heterocycles. The van der Waals surface area contributed by atoms with E-state index >= 15 is 0 Å². The number of amides is 2. The molecule has 4 nitrogen and oxygen atoms in total. The number of carbonyl (C=O) groups excluding carboxylic acids is 1. The first-order valence-corrected chi connectivity index (χ1v) is 7.98. The van der Waals surface area contributed by atoms with Gasteiger partial charge < -0.3 is 15.1 Å². The van der Waals surface area contributed by atoms with Gasteiger partial charge in [0, 0.05) is 39.3 Å². The summed E-state index contributed by atoms with van der Waals surface area (Å²) in [6.45, 7) is 4.03. The average Bonchev–Trinajstić information content (AvgIpc) is 3.19. The monoisotopic (exact) mass is 287 g/mol. The van der Waals surface area contributed by atoms with Gasteiger partial charge in [-0.25, -0.2) is 4.79 Å². The van der Waals surface area contributed by atoms with E-state index in [-0.39, 0.29) is 6.03 Å². The average molecular weight is 287 g/mol. The van der Waals surface area contributed by atoms with Crippen LogP contribution in [0.4, 0.5) is 4.79 Å². The van der Waals surface area contributed by atoms with Crippen molar-refractivity contribution in [2.45, 2.75) is 31.8 Å². The lowest BCUT2D eigenvalue weighted by Gasteiger charge is -2.21. The highest BCUT2D eigenvalue weighted by atomic mass is 16.2. The molecule has 1 atom stereocenters. The zero-order valence-electron chi connectivity index (χ0n) is 12.8. The third-order valence-corrected chi connectivity index (χ3v) is 4.42. The van der Waals surface area contributed by atoms with Crippen LogP contribution in [0.5, 0.6) is 0 Å². The second-order valence-corrected chi connectivity index (χ2v) is 6.48. The third kappa shape index (κ3) is 4.21. The summed E-state index contributed by atoms with van der Waals surface area (Å²) in [5, 5.41) is 3.17. The molecule has 2 aliphatic rings. The summed E-state index contributed by atoms with van der Waals surface area (Å²) in [6.07, 6.45) is 3.87. The van der Waals surface area contributed by atoms with Gasteiger partial charge >= 0.3 is 6.03 Å². The first-order chi connectivity index (χ1) is 10.2. The van der Waals surface area contributed by atoms with Gasteiger partial charge in [-0.1, -0.05) is 30.3 Å². The van der Waals surface area contributed by atoms with E-state index < -0.39 is 0 Å². The summed E-state index contributed by atoms with van der Waals surface area (Å²) in [5.41, 5.74) is 1.16. The molecule has 3 rings (SSSR count). The maximum atomic E-state index is 12.2. The zero-order chi connectivity index (χ0) is 14.7. The number of nitrogens with zero attached hydrogens (tertiary/aromatic N) is 2. The Bertz CT molecular complexity index is 472. The summed E-state index contributed by atoms with van der Waals surface area (Å²) in [6, 6.07) is 10.5. The highest BCUT2D eigenvalue weighted by Gasteiger charge is 2.30. The Morgan fingerprint density at radius 1 is 1.29 bits per heavy atom. The first kappa shape index (κ1) is 14.4. The number of benzene rings is 1. The second-order valence-electron chi connectivity index (χ2n) is 6.48. The van der Waals surface area contributed by atoms with Crippen molar-refractivity contribution in [3.8, 4) is 0 Å². The Labute approximate surface area is 127 Å². The standard InChI is InChI=1S/C17H25N3O/c1-19(11-14-5-3-2-4-6-14)17(21)18-16-9-10-20(13-16)12-15-7-8-15/h2-6,15-16H,7-13H2,1H3,(H,18,21). The minimum absolute atomic E-state index is 0.0390. The van der Waals surface area contributed by atoms with Crippen molar-refractivity contribution < 1.29 is 4.79 Å². The number of nitrogens with one attached hydrogen (secondary N) is 1. The SMILES string of the molecule is CN(Cc1ccccc1)C(=O)NC1CCN(CC2CC2)C1. The fourth-order valence-electron chi connectivity index (χ4n) is 3.00. The summed E-state index contributed by atoms with van der Waals surface area (Å²) in [4.78, 5) is 16.5. The van der Waals surface area contributed by atoms with Crippen molar-refractivity contribution >= 4 is 6.03 Å². The molecule has 21 heavy (non-hydrogen) atoms. The van der Waals surface area contributed by atoms with Crippen LogP contribution >= 0.6 is 0 Å². The smallest absolute Gasteiger partial charge is 0.317 e. The van der Waals surface area contributed by atoms with Crippen LogP contribution in [0, 0.1) is 5.92 Å². The van der Waals surface area contributed by atoms with E-state index in [1.54, 1.807) is 4.90 Å². The van der Waals surface area contributed by atoms with Crippen molar-refractivity contribution in [2.24, 2.45) is 5.92 Å². The Morgan fingerprint density at radius 3 is 2.76 bits per heavy atom. The van der Waals surface area contributed by atoms with Crippen LogP contribution in [0.15, 0.2) is 30.3 Å². The molecular weight excluding hydrogens is 262 g/mol. The molecule has 114 valence electrons. The third-order valence-electron chi connectivity index (χ3n) is 4.42. The molecule has 1 saturated carbocycles. The van der Waals surface area contributed by atoms with Crippen LogP contribution in [-0.2, 0) is 6.54 Å². The zero-order valence-corrected chi connectivity index (χ0v) is 12.8. The summed E-state index contributed by atoms with van der Waals surface area (Å²) >= 11 is 0. The quantitative estimate of drug-likeness (QED) is 0.902.